The third kappa shape index (κ3) is 52.8. The molecule has 0 fully saturated rings. The van der Waals surface area contributed by atoms with Gasteiger partial charge in [-0.05, 0) is 109 Å². The lowest BCUT2D eigenvalue weighted by atomic mass is 10.1. The van der Waals surface area contributed by atoms with E-state index in [9.17, 15) is 14.4 Å². The summed E-state index contributed by atoms with van der Waals surface area (Å²) in [6.45, 7) is 6.29. The summed E-state index contributed by atoms with van der Waals surface area (Å²) in [5, 5.41) is 0. The lowest BCUT2D eigenvalue weighted by Gasteiger charge is -2.18. The van der Waals surface area contributed by atoms with Crippen molar-refractivity contribution < 1.29 is 28.6 Å². The van der Waals surface area contributed by atoms with Gasteiger partial charge in [-0.15, -0.1) is 0 Å². The molecule has 0 N–H and O–H groups in total. The minimum Gasteiger partial charge on any atom is -0.462 e. The number of unbranched alkanes of at least 4 members (excludes halogenated alkanes) is 18. The van der Waals surface area contributed by atoms with Crippen LogP contribution in [-0.2, 0) is 28.6 Å². The molecule has 0 aromatic carbocycles. The minimum absolute atomic E-state index is 0.119. The second-order valence-corrected chi connectivity index (χ2v) is 17.7. The third-order valence-corrected chi connectivity index (χ3v) is 11.2. The molecule has 384 valence electrons. The molecule has 6 nitrogen and oxygen atoms in total. The molecule has 68 heavy (non-hydrogen) atoms. The summed E-state index contributed by atoms with van der Waals surface area (Å²) in [7, 11) is 0. The van der Waals surface area contributed by atoms with Crippen LogP contribution in [0.4, 0.5) is 0 Å². The number of carbonyl (C=O) groups excluding carboxylic acids is 3. The van der Waals surface area contributed by atoms with Gasteiger partial charge in [0.2, 0.25) is 0 Å². The molecule has 1 atom stereocenters. The first-order valence-corrected chi connectivity index (χ1v) is 27.5. The lowest BCUT2D eigenvalue weighted by molar-refractivity contribution is -0.166. The molecule has 0 aromatic heterocycles. The van der Waals surface area contributed by atoms with E-state index in [4.69, 9.17) is 14.2 Å². The van der Waals surface area contributed by atoms with E-state index in [-0.39, 0.29) is 31.6 Å². The van der Waals surface area contributed by atoms with Gasteiger partial charge >= 0.3 is 17.9 Å². The Bertz CT molecular complexity index is 1450. The van der Waals surface area contributed by atoms with Crippen LogP contribution in [-0.4, -0.2) is 37.2 Å². The van der Waals surface area contributed by atoms with Crippen molar-refractivity contribution in [1.29, 1.82) is 0 Å². The van der Waals surface area contributed by atoms with E-state index >= 15 is 0 Å². The maximum absolute atomic E-state index is 12.8. The Morgan fingerprint density at radius 2 is 0.632 bits per heavy atom. The number of rotatable bonds is 48. The highest BCUT2D eigenvalue weighted by Crippen LogP contribution is 2.14. The zero-order valence-corrected chi connectivity index (χ0v) is 43.8. The van der Waals surface area contributed by atoms with E-state index in [1.54, 1.807) is 6.08 Å². The van der Waals surface area contributed by atoms with E-state index in [0.29, 0.717) is 12.8 Å². The smallest absolute Gasteiger partial charge is 0.309 e. The third-order valence-electron chi connectivity index (χ3n) is 11.2. The summed E-state index contributed by atoms with van der Waals surface area (Å²) in [4.78, 5) is 38.1. The van der Waals surface area contributed by atoms with Crippen molar-refractivity contribution in [3.8, 4) is 0 Å². The van der Waals surface area contributed by atoms with Crippen molar-refractivity contribution in [2.45, 2.75) is 239 Å². The Balaban J connectivity index is 4.53. The van der Waals surface area contributed by atoms with Gasteiger partial charge in [0.1, 0.15) is 13.2 Å². The van der Waals surface area contributed by atoms with Gasteiger partial charge in [-0.1, -0.05) is 226 Å². The topological polar surface area (TPSA) is 78.9 Å². The van der Waals surface area contributed by atoms with E-state index in [2.05, 4.69) is 130 Å². The summed E-state index contributed by atoms with van der Waals surface area (Å²) in [5.41, 5.74) is 0. The van der Waals surface area contributed by atoms with Gasteiger partial charge in [0, 0.05) is 12.8 Å². The van der Waals surface area contributed by atoms with Crippen molar-refractivity contribution in [3.05, 3.63) is 122 Å². The van der Waals surface area contributed by atoms with Crippen LogP contribution in [0, 0.1) is 0 Å². The average molecular weight is 941 g/mol. The number of allylic oxidation sites excluding steroid dienone is 19. The molecule has 0 amide bonds. The van der Waals surface area contributed by atoms with E-state index < -0.39 is 12.1 Å². The maximum Gasteiger partial charge on any atom is 0.309 e. The zero-order chi connectivity index (χ0) is 49.3. The van der Waals surface area contributed by atoms with Crippen molar-refractivity contribution in [2.75, 3.05) is 13.2 Å². The minimum atomic E-state index is -0.830. The van der Waals surface area contributed by atoms with Crippen LogP contribution in [0.25, 0.3) is 0 Å². The number of ether oxygens (including phenoxy) is 3. The highest BCUT2D eigenvalue weighted by molar-refractivity contribution is 5.72. The van der Waals surface area contributed by atoms with Crippen molar-refractivity contribution in [2.24, 2.45) is 0 Å². The van der Waals surface area contributed by atoms with Gasteiger partial charge < -0.3 is 14.2 Å². The van der Waals surface area contributed by atoms with Gasteiger partial charge in [-0.25, -0.2) is 0 Å². The quantitative estimate of drug-likeness (QED) is 0.0262. The summed E-state index contributed by atoms with van der Waals surface area (Å²) in [6, 6.07) is 0. The highest BCUT2D eigenvalue weighted by Gasteiger charge is 2.19. The van der Waals surface area contributed by atoms with Gasteiger partial charge in [-0.2, -0.15) is 0 Å². The Hall–Kier alpha value is -4.19. The molecular formula is C62H100O6. The Morgan fingerprint density at radius 3 is 1.03 bits per heavy atom. The Kier molecular flexibility index (Phi) is 52.0. The predicted octanol–water partition coefficient (Wildman–Crippen LogP) is 18.5. The molecule has 1 unspecified atom stereocenters. The number of hydrogen-bond acceptors (Lipinski definition) is 6. The van der Waals surface area contributed by atoms with Gasteiger partial charge in [0.25, 0.3) is 0 Å². The molecule has 0 bridgehead atoms. The summed E-state index contributed by atoms with van der Waals surface area (Å²) >= 11 is 0. The second kappa shape index (κ2) is 55.4. The molecule has 0 rings (SSSR count). The second-order valence-electron chi connectivity index (χ2n) is 17.7. The van der Waals surface area contributed by atoms with Gasteiger partial charge in [0.05, 0.1) is 6.42 Å². The fraction of sp³-hybridized carbons (Fsp3) is 0.629. The number of esters is 3. The van der Waals surface area contributed by atoms with Gasteiger partial charge in [-0.3, -0.25) is 14.4 Å². The first kappa shape index (κ1) is 63.8. The fourth-order valence-corrected chi connectivity index (χ4v) is 7.15. The normalized spacial score (nSPS) is 13.0. The van der Waals surface area contributed by atoms with Crippen LogP contribution in [0.5, 0.6) is 0 Å². The molecule has 0 aliphatic rings. The molecule has 0 saturated heterocycles. The number of hydrogen-bond donors (Lipinski definition) is 0. The average Bonchev–Trinajstić information content (AvgIpc) is 3.34. The molecule has 0 heterocycles. The summed E-state index contributed by atoms with van der Waals surface area (Å²) in [5.74, 6) is -1.07. The van der Waals surface area contributed by atoms with Crippen LogP contribution in [0.3, 0.4) is 0 Å². The highest BCUT2D eigenvalue weighted by atomic mass is 16.6. The first-order valence-electron chi connectivity index (χ1n) is 27.5. The van der Waals surface area contributed by atoms with Crippen LogP contribution in [0.2, 0.25) is 0 Å². The largest absolute Gasteiger partial charge is 0.462 e. The van der Waals surface area contributed by atoms with Crippen LogP contribution < -0.4 is 0 Å². The lowest BCUT2D eigenvalue weighted by Crippen LogP contribution is -2.30. The molecular weight excluding hydrogens is 841 g/mol. The van der Waals surface area contributed by atoms with Crippen molar-refractivity contribution in [3.63, 3.8) is 0 Å². The SMILES string of the molecule is CC/C=C\C/C=C\C/C=C\C/C=C\C/C=C\CC(=O)OCC(COC(=O)CCCCCCCCC/C=C\C/C=C\CCCCCC)OC(=O)CCCCCCCCC/C=C\C/C=C\C/C=C\CC. The molecule has 0 radical (unpaired) electrons. The molecule has 6 heteroatoms. The molecule has 0 saturated carbocycles. The van der Waals surface area contributed by atoms with Crippen LogP contribution in [0.1, 0.15) is 233 Å². The Morgan fingerprint density at radius 1 is 0.324 bits per heavy atom. The van der Waals surface area contributed by atoms with Crippen LogP contribution >= 0.6 is 0 Å². The monoisotopic (exact) mass is 941 g/mol. The van der Waals surface area contributed by atoms with E-state index in [1.807, 2.05) is 6.08 Å². The van der Waals surface area contributed by atoms with Crippen LogP contribution in [0.15, 0.2) is 122 Å². The molecule has 0 aliphatic carbocycles. The summed E-state index contributed by atoms with van der Waals surface area (Å²) in [6.07, 6.45) is 76.3. The van der Waals surface area contributed by atoms with E-state index in [0.717, 1.165) is 116 Å². The van der Waals surface area contributed by atoms with Gasteiger partial charge in [0.15, 0.2) is 6.10 Å². The van der Waals surface area contributed by atoms with E-state index in [1.165, 1.54) is 77.0 Å². The summed E-state index contributed by atoms with van der Waals surface area (Å²) < 4.78 is 16.7. The predicted molar refractivity (Wildman–Crippen MR) is 293 cm³/mol. The fourth-order valence-electron chi connectivity index (χ4n) is 7.15. The first-order chi connectivity index (χ1) is 33.5. The van der Waals surface area contributed by atoms with Crippen molar-refractivity contribution >= 4 is 17.9 Å². The maximum atomic E-state index is 12.8. The zero-order valence-electron chi connectivity index (χ0n) is 43.8. The molecule has 0 aliphatic heterocycles. The standard InChI is InChI=1S/C62H100O6/c1-4-7-10-13-16-19-22-25-28-30-32-34-37-40-43-46-49-52-55-61(64)67-58-59(57-66-60(63)54-51-48-45-42-39-36-33-27-24-21-18-15-12-9-6-3)68-62(65)56-53-50-47-44-41-38-35-31-29-26-23-20-17-14-11-8-5-2/h8-9,11-12,17-22,26-30,33,39,42,48,51,59H,4-7,10,13-16,23-25,31-32,34-38,40-41,43-47,49-50,52-58H2,1-3H3/b11-8-,12-9-,20-17-,21-18-,22-19-,29-26-,30-28-,33-27-,42-39-,51-48-. The van der Waals surface area contributed by atoms with Crippen molar-refractivity contribution in [1.82, 2.24) is 0 Å². The number of carbonyl (C=O) groups is 3. The Labute approximate surface area is 418 Å². The molecule has 0 spiro atoms. The molecule has 0 aromatic rings.